The fourth-order valence-corrected chi connectivity index (χ4v) is 2.66. The van der Waals surface area contributed by atoms with Gasteiger partial charge in [-0.3, -0.25) is 0 Å². The predicted molar refractivity (Wildman–Crippen MR) is 62.6 cm³/mol. The van der Waals surface area contributed by atoms with Crippen LogP contribution in [0.5, 0.6) is 0 Å². The molecule has 0 amide bonds. The zero-order valence-electron chi connectivity index (χ0n) is 9.13. The molecule has 0 unspecified atom stereocenters. The van der Waals surface area contributed by atoms with E-state index in [0.717, 1.165) is 18.9 Å². The SMILES string of the molecule is OB(O)c1ccc(N2CC3(CCC3)C2)nc1. The van der Waals surface area contributed by atoms with Crippen LogP contribution in [0.25, 0.3) is 0 Å². The molecule has 1 saturated carbocycles. The molecule has 3 rings (SSSR count). The molecule has 1 aliphatic heterocycles. The third-order valence-electron chi connectivity index (χ3n) is 3.86. The van der Waals surface area contributed by atoms with Crippen molar-refractivity contribution in [1.29, 1.82) is 0 Å². The quantitative estimate of drug-likeness (QED) is 0.672. The molecule has 2 heterocycles. The first kappa shape index (κ1) is 10.1. The largest absolute Gasteiger partial charge is 0.490 e. The molecule has 1 saturated heterocycles. The summed E-state index contributed by atoms with van der Waals surface area (Å²) < 4.78 is 0. The van der Waals surface area contributed by atoms with Gasteiger partial charge < -0.3 is 14.9 Å². The highest BCUT2D eigenvalue weighted by Gasteiger charge is 2.47. The molecular formula is C11H15BN2O2. The first-order valence-corrected chi connectivity index (χ1v) is 5.76. The molecule has 5 heteroatoms. The van der Waals surface area contributed by atoms with E-state index in [2.05, 4.69) is 9.88 Å². The van der Waals surface area contributed by atoms with E-state index in [1.807, 2.05) is 6.07 Å². The number of hydrogen-bond acceptors (Lipinski definition) is 4. The van der Waals surface area contributed by atoms with Gasteiger partial charge in [-0.1, -0.05) is 12.5 Å². The van der Waals surface area contributed by atoms with Crippen molar-refractivity contribution in [1.82, 2.24) is 4.98 Å². The van der Waals surface area contributed by atoms with Crippen molar-refractivity contribution in [3.8, 4) is 0 Å². The summed E-state index contributed by atoms with van der Waals surface area (Å²) in [6.45, 7) is 2.22. The number of pyridine rings is 1. The number of aromatic nitrogens is 1. The Balaban J connectivity index is 1.67. The van der Waals surface area contributed by atoms with Crippen molar-refractivity contribution in [2.45, 2.75) is 19.3 Å². The molecule has 1 aromatic rings. The minimum atomic E-state index is -1.42. The highest BCUT2D eigenvalue weighted by molar-refractivity contribution is 6.58. The van der Waals surface area contributed by atoms with Crippen LogP contribution in [0, 0.1) is 5.41 Å². The lowest BCUT2D eigenvalue weighted by Crippen LogP contribution is -2.60. The standard InChI is InChI=1S/C11H15BN2O2/c15-12(16)9-2-3-10(13-6-9)14-7-11(8-14)4-1-5-11/h2-3,6,15-16H,1,4-5,7-8H2. The second-order valence-electron chi connectivity index (χ2n) is 5.03. The first-order valence-electron chi connectivity index (χ1n) is 5.76. The van der Waals surface area contributed by atoms with Crippen molar-refractivity contribution in [2.75, 3.05) is 18.0 Å². The molecular weight excluding hydrogens is 203 g/mol. The Morgan fingerprint density at radius 3 is 2.44 bits per heavy atom. The average Bonchev–Trinajstić information content (AvgIpc) is 2.14. The molecule has 1 spiro atoms. The Morgan fingerprint density at radius 2 is 2.00 bits per heavy atom. The Bertz CT molecular complexity index is 381. The third kappa shape index (κ3) is 1.51. The van der Waals surface area contributed by atoms with Crippen molar-refractivity contribution in [3.63, 3.8) is 0 Å². The molecule has 0 bridgehead atoms. The Hall–Kier alpha value is -1.07. The zero-order valence-corrected chi connectivity index (χ0v) is 9.13. The molecule has 16 heavy (non-hydrogen) atoms. The lowest BCUT2D eigenvalue weighted by atomic mass is 9.63. The van der Waals surface area contributed by atoms with E-state index in [4.69, 9.17) is 10.0 Å². The summed E-state index contributed by atoms with van der Waals surface area (Å²) in [5.41, 5.74) is 1.04. The fourth-order valence-electron chi connectivity index (χ4n) is 2.66. The maximum atomic E-state index is 8.96. The number of anilines is 1. The summed E-state index contributed by atoms with van der Waals surface area (Å²) in [6.07, 6.45) is 5.62. The summed E-state index contributed by atoms with van der Waals surface area (Å²) in [4.78, 5) is 6.51. The van der Waals surface area contributed by atoms with Gasteiger partial charge in [-0.15, -0.1) is 0 Å². The molecule has 0 radical (unpaired) electrons. The van der Waals surface area contributed by atoms with E-state index in [-0.39, 0.29) is 0 Å². The summed E-state index contributed by atoms with van der Waals surface area (Å²) in [6, 6.07) is 3.58. The Labute approximate surface area is 95.1 Å². The van der Waals surface area contributed by atoms with Crippen LogP contribution in [0.2, 0.25) is 0 Å². The minimum Gasteiger partial charge on any atom is -0.423 e. The molecule has 84 valence electrons. The van der Waals surface area contributed by atoms with Crippen molar-refractivity contribution in [3.05, 3.63) is 18.3 Å². The molecule has 0 atom stereocenters. The second-order valence-corrected chi connectivity index (χ2v) is 5.03. The molecule has 2 fully saturated rings. The smallest absolute Gasteiger partial charge is 0.423 e. The predicted octanol–water partition coefficient (Wildman–Crippen LogP) is -0.248. The van der Waals surface area contributed by atoms with E-state index in [1.54, 1.807) is 6.07 Å². The maximum absolute atomic E-state index is 8.96. The third-order valence-corrected chi connectivity index (χ3v) is 3.86. The summed E-state index contributed by atoms with van der Waals surface area (Å²) >= 11 is 0. The average molecular weight is 218 g/mol. The zero-order chi connectivity index (χ0) is 11.2. The molecule has 0 aromatic carbocycles. The van der Waals surface area contributed by atoms with Crippen LogP contribution < -0.4 is 10.4 Å². The Morgan fingerprint density at radius 1 is 1.25 bits per heavy atom. The number of rotatable bonds is 2. The Kier molecular flexibility index (Phi) is 2.19. The van der Waals surface area contributed by atoms with Gasteiger partial charge in [0.1, 0.15) is 5.82 Å². The molecule has 2 aliphatic rings. The summed E-state index contributed by atoms with van der Waals surface area (Å²) in [5.74, 6) is 0.946. The van der Waals surface area contributed by atoms with Gasteiger partial charge in [-0.2, -0.15) is 0 Å². The van der Waals surface area contributed by atoms with Crippen LogP contribution in [0.1, 0.15) is 19.3 Å². The van der Waals surface area contributed by atoms with Crippen LogP contribution >= 0.6 is 0 Å². The fraction of sp³-hybridized carbons (Fsp3) is 0.545. The van der Waals surface area contributed by atoms with E-state index in [9.17, 15) is 0 Å². The van der Waals surface area contributed by atoms with Gasteiger partial charge in [0.2, 0.25) is 0 Å². The van der Waals surface area contributed by atoms with Gasteiger partial charge in [0, 0.05) is 30.2 Å². The van der Waals surface area contributed by atoms with E-state index in [0.29, 0.717) is 10.9 Å². The number of hydrogen-bond donors (Lipinski definition) is 2. The van der Waals surface area contributed by atoms with Crippen LogP contribution in [0.4, 0.5) is 5.82 Å². The highest BCUT2D eigenvalue weighted by atomic mass is 16.4. The van der Waals surface area contributed by atoms with Gasteiger partial charge in [0.15, 0.2) is 0 Å². The van der Waals surface area contributed by atoms with Crippen molar-refractivity contribution >= 4 is 18.4 Å². The maximum Gasteiger partial charge on any atom is 0.490 e. The van der Waals surface area contributed by atoms with Gasteiger partial charge in [0.05, 0.1) is 0 Å². The molecule has 2 N–H and O–H groups in total. The van der Waals surface area contributed by atoms with Crippen LogP contribution in [-0.4, -0.2) is 35.2 Å². The van der Waals surface area contributed by atoms with E-state index in [1.165, 1.54) is 25.5 Å². The summed E-state index contributed by atoms with van der Waals surface area (Å²) in [5, 5.41) is 17.9. The van der Waals surface area contributed by atoms with Gasteiger partial charge in [-0.25, -0.2) is 4.98 Å². The molecule has 1 aromatic heterocycles. The van der Waals surface area contributed by atoms with E-state index >= 15 is 0 Å². The van der Waals surface area contributed by atoms with Crippen LogP contribution in [0.15, 0.2) is 18.3 Å². The van der Waals surface area contributed by atoms with E-state index < -0.39 is 7.12 Å². The highest BCUT2D eigenvalue weighted by Crippen LogP contribution is 2.48. The number of nitrogens with zero attached hydrogens (tertiary/aromatic N) is 2. The van der Waals surface area contributed by atoms with Crippen molar-refractivity contribution in [2.24, 2.45) is 5.41 Å². The first-order chi connectivity index (χ1) is 7.69. The lowest BCUT2D eigenvalue weighted by molar-refractivity contribution is 0.0896. The van der Waals surface area contributed by atoms with Crippen molar-refractivity contribution < 1.29 is 10.0 Å². The molecule has 1 aliphatic carbocycles. The minimum absolute atomic E-state index is 0.447. The van der Waals surface area contributed by atoms with Gasteiger partial charge in [-0.05, 0) is 18.9 Å². The lowest BCUT2D eigenvalue weighted by Gasteiger charge is -2.56. The van der Waals surface area contributed by atoms with Crippen LogP contribution in [0.3, 0.4) is 0 Å². The normalized spacial score (nSPS) is 21.5. The van der Waals surface area contributed by atoms with Crippen LogP contribution in [-0.2, 0) is 0 Å². The molecule has 4 nitrogen and oxygen atoms in total. The monoisotopic (exact) mass is 218 g/mol. The topological polar surface area (TPSA) is 56.6 Å². The summed E-state index contributed by atoms with van der Waals surface area (Å²) in [7, 11) is -1.42. The van der Waals surface area contributed by atoms with Gasteiger partial charge in [0.25, 0.3) is 0 Å². The van der Waals surface area contributed by atoms with Gasteiger partial charge >= 0.3 is 7.12 Å². The second kappa shape index (κ2) is 3.47.